The van der Waals surface area contributed by atoms with Gasteiger partial charge in [-0.1, -0.05) is 38.5 Å². The second-order valence-electron chi connectivity index (χ2n) is 32.6. The molecule has 96 heavy (non-hydrogen) atoms. The van der Waals surface area contributed by atoms with E-state index < -0.39 is 29.9 Å². The summed E-state index contributed by atoms with van der Waals surface area (Å²) in [5, 5.41) is 20.6. The van der Waals surface area contributed by atoms with Crippen molar-refractivity contribution in [1.29, 1.82) is 0 Å². The summed E-state index contributed by atoms with van der Waals surface area (Å²) in [5.41, 5.74) is 0.247. The van der Waals surface area contributed by atoms with E-state index >= 15 is 0 Å². The molecule has 8 bridgehead atoms. The molecule has 22 fully saturated rings. The van der Waals surface area contributed by atoms with E-state index in [0.717, 1.165) is 171 Å². The summed E-state index contributed by atoms with van der Waals surface area (Å²) in [6.45, 7) is 13.7. The van der Waals surface area contributed by atoms with Gasteiger partial charge in [-0.25, -0.2) is 30.0 Å². The summed E-state index contributed by atoms with van der Waals surface area (Å²) in [6, 6.07) is 7.29. The molecule has 16 atom stereocenters. The minimum Gasteiger partial charge on any atom is -0.447 e. The number of fused-ring (bicyclic) bond motifs is 14. The number of hydrogen-bond acceptors (Lipinski definition) is 18. The number of ether oxygens (including phenoxy) is 4. The Morgan fingerprint density at radius 1 is 0.438 bits per heavy atom. The van der Waals surface area contributed by atoms with Gasteiger partial charge in [0.25, 0.3) is 0 Å². The van der Waals surface area contributed by atoms with Gasteiger partial charge < -0.3 is 60.6 Å². The van der Waals surface area contributed by atoms with Crippen LogP contribution in [0, 0.1) is 29.1 Å². The maximum Gasteiger partial charge on any atom is 0.410 e. The van der Waals surface area contributed by atoms with E-state index in [1.54, 1.807) is 8.61 Å². The highest BCUT2D eigenvalue weighted by Gasteiger charge is 2.49. The fourth-order valence-corrected chi connectivity index (χ4v) is 24.9. The van der Waals surface area contributed by atoms with E-state index in [1.807, 2.05) is 4.90 Å². The first kappa shape index (κ1) is 73.9. The monoisotopic (exact) mass is 1410 g/mol. The highest BCUT2D eigenvalue weighted by atomic mass is 32.2. The molecule has 22 aliphatic rings. The van der Waals surface area contributed by atoms with E-state index in [0.29, 0.717) is 85.3 Å². The standard InChI is InChI=1S/C8H13NO.C8H14O2S.C7H13NO3S.C7H13NO2S.C7H11NO2.C7H13N.C6H11NO.C6H11N.C5H9NO.2C5H9N/c10-8-5-4-7-3-1-2-6-9(7)8;9-11(10)6-8(7-11)4-2-1-3-5-8;9-12(10)6-11-5-7-3-1-2-4-8(7)12;9-11(10)6-4-7-3-1-2-5-8(7)11;9-7-8-4-2-1-3-6(8)5-10-7;1-2-6-4-5-7(3-1)8-6;1-2-6-4-8-3-5(1)7-6;1-2-6-3-5(1)4-7-6;1-4-3-7-5(1)2-6-4;1-4-2-6-3-5(1)4;1-2-6-5-3-4(1)5/h7H,1-6H2;1-7H2;7H,1-6H2;7H,1-6H2;6H,1-5H2;6-8H,1-5H2;5-7H,1-4H2;5-7H,1-4H2;4-6H,1-3H2;2*4-6H,1-3H2. The van der Waals surface area contributed by atoms with Crippen LogP contribution in [0.25, 0.3) is 0 Å². The Morgan fingerprint density at radius 2 is 1.07 bits per heavy atom. The third kappa shape index (κ3) is 21.4. The molecule has 0 aromatic heterocycles. The van der Waals surface area contributed by atoms with E-state index in [1.165, 1.54) is 167 Å². The largest absolute Gasteiger partial charge is 0.447 e. The second kappa shape index (κ2) is 35.1. The molecular formula is C71H126N10O12S3. The van der Waals surface area contributed by atoms with Crippen molar-refractivity contribution in [1.82, 2.24) is 50.3 Å². The lowest BCUT2D eigenvalue weighted by Gasteiger charge is -2.43. The molecule has 1 spiro atoms. The summed E-state index contributed by atoms with van der Waals surface area (Å²) >= 11 is 0. The summed E-state index contributed by atoms with van der Waals surface area (Å²) in [5.74, 6) is 6.00. The molecule has 22 nitrogen and oxygen atoms in total. The predicted octanol–water partition coefficient (Wildman–Crippen LogP) is 6.78. The number of sulfone groups is 1. The van der Waals surface area contributed by atoms with Gasteiger partial charge in [-0.2, -0.15) is 8.61 Å². The van der Waals surface area contributed by atoms with Crippen molar-refractivity contribution in [2.75, 3.05) is 115 Å². The number of morpholine rings is 2. The van der Waals surface area contributed by atoms with Gasteiger partial charge in [-0.3, -0.25) is 4.79 Å². The molecule has 0 radical (unpaired) electrons. The zero-order chi connectivity index (χ0) is 66.5. The first-order valence-corrected chi connectivity index (χ1v) is 44.2. The Kier molecular flexibility index (Phi) is 27.0. The van der Waals surface area contributed by atoms with Crippen LogP contribution < -0.4 is 31.9 Å². The summed E-state index contributed by atoms with van der Waals surface area (Å²) in [4.78, 5) is 26.0. The van der Waals surface area contributed by atoms with Crippen LogP contribution in [-0.4, -0.2) is 243 Å². The maximum atomic E-state index is 11.4. The summed E-state index contributed by atoms with van der Waals surface area (Å²) in [7, 11) is -8.48. The van der Waals surface area contributed by atoms with Crippen molar-refractivity contribution in [3.8, 4) is 0 Å². The van der Waals surface area contributed by atoms with Crippen molar-refractivity contribution in [3.05, 3.63) is 0 Å². The van der Waals surface area contributed by atoms with Gasteiger partial charge >= 0.3 is 6.09 Å². The van der Waals surface area contributed by atoms with Crippen molar-refractivity contribution in [3.63, 3.8) is 0 Å². The van der Waals surface area contributed by atoms with Crippen LogP contribution in [0.15, 0.2) is 0 Å². The van der Waals surface area contributed by atoms with Gasteiger partial charge in [-0.15, -0.1) is 0 Å². The Labute approximate surface area is 577 Å². The average molecular weight is 1410 g/mol. The molecule has 25 heteroatoms. The van der Waals surface area contributed by atoms with Gasteiger partial charge in [0.05, 0.1) is 55.8 Å². The SMILES string of the molecule is C1CC2CC1CN2.C1CC2CC2N1.C1CC2CCC(C1)N2.C1CC2COCC1N2.C1NCC2CC12.C1OC2CNC1C2.O=C1CCC2CCCCN12.O=C1OCC2CCCCN12.O=S1(=O)CC2(CCCCC2)C1.O=S1(=O)CCC2CCCCN21.O=S1(=O)COCC2CCCCN21. The smallest absolute Gasteiger partial charge is 0.410 e. The van der Waals surface area contributed by atoms with Gasteiger partial charge in [-0.05, 0) is 229 Å². The molecule has 4 aliphatic carbocycles. The maximum absolute atomic E-state index is 11.4. The summed E-state index contributed by atoms with van der Waals surface area (Å²) < 4.78 is 91.2. The molecule has 550 valence electrons. The lowest BCUT2D eigenvalue weighted by Crippen LogP contribution is -2.51. The first-order chi connectivity index (χ1) is 46.5. The minimum atomic E-state index is -3.07. The number of sulfonamides is 2. The van der Waals surface area contributed by atoms with Gasteiger partial charge in [0.1, 0.15) is 6.61 Å². The first-order valence-electron chi connectivity index (χ1n) is 39.1. The molecule has 22 rings (SSSR count). The third-order valence-electron chi connectivity index (χ3n) is 25.1. The topological polar surface area (TPSA) is 259 Å². The fraction of sp³-hybridized carbons (Fsp3) is 0.972. The molecule has 18 heterocycles. The quantitative estimate of drug-likeness (QED) is 0.146. The molecule has 6 N–H and O–H groups in total. The lowest BCUT2D eigenvalue weighted by atomic mass is 9.76. The number of hydrogen-bond donors (Lipinski definition) is 6. The second-order valence-corrected chi connectivity index (χ2v) is 38.6. The highest BCUT2D eigenvalue weighted by Crippen LogP contribution is 2.45. The van der Waals surface area contributed by atoms with Crippen molar-refractivity contribution >= 4 is 41.9 Å². The minimum absolute atomic E-state index is 0.107. The molecule has 16 unspecified atom stereocenters. The van der Waals surface area contributed by atoms with Gasteiger partial charge in [0.2, 0.25) is 26.0 Å². The lowest BCUT2D eigenvalue weighted by molar-refractivity contribution is -0.129. The zero-order valence-corrected chi connectivity index (χ0v) is 60.9. The van der Waals surface area contributed by atoms with Crippen LogP contribution in [0.3, 0.4) is 0 Å². The number of nitrogens with zero attached hydrogens (tertiary/aromatic N) is 4. The number of carbonyl (C=O) groups is 2. The predicted molar refractivity (Wildman–Crippen MR) is 374 cm³/mol. The normalized spacial score (nSPS) is 40.2. The Balaban J connectivity index is 0.000000101. The number of nitrogens with one attached hydrogen (secondary N) is 6. The third-order valence-corrected chi connectivity index (χ3v) is 30.8. The van der Waals surface area contributed by atoms with Gasteiger partial charge in [0.15, 0.2) is 15.8 Å². The van der Waals surface area contributed by atoms with Crippen LogP contribution in [0.1, 0.15) is 218 Å². The van der Waals surface area contributed by atoms with Crippen LogP contribution >= 0.6 is 0 Å². The number of rotatable bonds is 0. The molecule has 4 saturated carbocycles. The van der Waals surface area contributed by atoms with E-state index in [9.17, 15) is 34.8 Å². The van der Waals surface area contributed by atoms with Crippen molar-refractivity contribution < 1.29 is 53.8 Å². The molecule has 18 saturated heterocycles. The van der Waals surface area contributed by atoms with Crippen molar-refractivity contribution in [2.45, 2.75) is 291 Å². The van der Waals surface area contributed by atoms with Crippen LogP contribution in [-0.2, 0) is 53.6 Å². The molecule has 2 amide bonds. The van der Waals surface area contributed by atoms with Crippen LogP contribution in [0.4, 0.5) is 4.79 Å². The molecule has 18 aliphatic heterocycles. The van der Waals surface area contributed by atoms with Crippen LogP contribution in [0.2, 0.25) is 0 Å². The molecule has 0 aromatic rings. The highest BCUT2D eigenvalue weighted by molar-refractivity contribution is 7.92. The van der Waals surface area contributed by atoms with E-state index in [-0.39, 0.29) is 23.5 Å². The zero-order valence-electron chi connectivity index (χ0n) is 58.4. The van der Waals surface area contributed by atoms with E-state index in [4.69, 9.17) is 18.9 Å². The molecular weight excluding hydrogens is 1280 g/mol. The number of amides is 2. The average Bonchev–Trinajstić information content (AvgIpc) is 0.949. The number of carbonyl (C=O) groups excluding carboxylic acids is 2. The Morgan fingerprint density at radius 3 is 1.53 bits per heavy atom. The summed E-state index contributed by atoms with van der Waals surface area (Å²) in [6.07, 6.45) is 43.1. The van der Waals surface area contributed by atoms with Gasteiger partial charge in [0, 0.05) is 99.6 Å². The Bertz CT molecular complexity index is 2610. The van der Waals surface area contributed by atoms with E-state index in [2.05, 4.69) is 36.8 Å². The fourth-order valence-electron chi connectivity index (χ4n) is 19.2. The number of cyclic esters (lactones) is 1. The number of piperidine rings is 8. The van der Waals surface area contributed by atoms with Crippen molar-refractivity contribution in [2.24, 2.45) is 29.1 Å². The van der Waals surface area contributed by atoms with Crippen LogP contribution in [0.5, 0.6) is 0 Å². The molecule has 0 aromatic carbocycles. The Hall–Kier alpha value is -1.85.